The van der Waals surface area contributed by atoms with Crippen molar-refractivity contribution in [2.24, 2.45) is 0 Å². The first kappa shape index (κ1) is 18.7. The highest BCUT2D eigenvalue weighted by Gasteiger charge is 2.30. The molecule has 1 heterocycles. The van der Waals surface area contributed by atoms with Crippen LogP contribution in [0, 0.1) is 0 Å². The molecule has 0 spiro atoms. The van der Waals surface area contributed by atoms with Crippen molar-refractivity contribution in [3.63, 3.8) is 0 Å². The van der Waals surface area contributed by atoms with Crippen LogP contribution in [-0.2, 0) is 12.7 Å². The lowest BCUT2D eigenvalue weighted by Crippen LogP contribution is -2.31. The molecule has 0 saturated carbocycles. The van der Waals surface area contributed by atoms with Crippen LogP contribution in [0.4, 0.5) is 13.2 Å². The zero-order valence-corrected chi connectivity index (χ0v) is 14.2. The lowest BCUT2D eigenvalue weighted by atomic mass is 10.2. The summed E-state index contributed by atoms with van der Waals surface area (Å²) in [6, 6.07) is 8.86. The lowest BCUT2D eigenvalue weighted by Gasteiger charge is -2.11. The summed E-state index contributed by atoms with van der Waals surface area (Å²) in [6.07, 6.45) is -3.45. The molecule has 6 nitrogen and oxygen atoms in total. The maximum Gasteiger partial charge on any atom is 0.416 e. The summed E-state index contributed by atoms with van der Waals surface area (Å²) in [4.78, 5) is 24.7. The number of ether oxygens (including phenoxy) is 1. The Morgan fingerprint density at radius 1 is 1.11 bits per heavy atom. The third-order valence-corrected chi connectivity index (χ3v) is 3.81. The van der Waals surface area contributed by atoms with Gasteiger partial charge in [0.25, 0.3) is 5.56 Å². The molecule has 0 atom stereocenters. The average molecular weight is 398 g/mol. The molecule has 0 fully saturated rings. The predicted octanol–water partition coefficient (Wildman–Crippen LogP) is 3.44. The summed E-state index contributed by atoms with van der Waals surface area (Å²) >= 11 is 6.14. The van der Waals surface area contributed by atoms with Gasteiger partial charge in [0.05, 0.1) is 17.1 Å². The number of aromatic amines is 1. The van der Waals surface area contributed by atoms with E-state index in [1.807, 2.05) is 0 Å². The van der Waals surface area contributed by atoms with E-state index in [2.05, 4.69) is 10.1 Å². The van der Waals surface area contributed by atoms with Crippen LogP contribution in [0.25, 0.3) is 0 Å². The van der Waals surface area contributed by atoms with Gasteiger partial charge in [-0.1, -0.05) is 17.7 Å². The standard InChI is InChI=1S/C17H11ClF3N3O3/c18-13-7-10(9-24-16(26)23-15(25)8-22-24)1-6-14(13)27-12-4-2-11(3-5-12)17(19,20)21/h1-8H,9H2,(H,23,25,26). The predicted molar refractivity (Wildman–Crippen MR) is 91.2 cm³/mol. The van der Waals surface area contributed by atoms with E-state index in [0.717, 1.165) is 23.0 Å². The van der Waals surface area contributed by atoms with Crippen LogP contribution >= 0.6 is 11.6 Å². The topological polar surface area (TPSA) is 77.0 Å². The second-order valence-corrected chi connectivity index (χ2v) is 5.89. The minimum absolute atomic E-state index is 0.0654. The quantitative estimate of drug-likeness (QED) is 0.731. The molecule has 0 saturated heterocycles. The van der Waals surface area contributed by atoms with Crippen molar-refractivity contribution in [1.29, 1.82) is 0 Å². The Balaban J connectivity index is 1.76. The molecular weight excluding hydrogens is 387 g/mol. The van der Waals surface area contributed by atoms with Crippen molar-refractivity contribution in [2.45, 2.75) is 12.7 Å². The van der Waals surface area contributed by atoms with Crippen LogP contribution < -0.4 is 16.0 Å². The number of nitrogens with one attached hydrogen (secondary N) is 1. The molecule has 3 aromatic rings. The summed E-state index contributed by atoms with van der Waals surface area (Å²) in [7, 11) is 0. The molecular formula is C17H11ClF3N3O3. The number of rotatable bonds is 4. The summed E-state index contributed by atoms with van der Waals surface area (Å²) in [6.45, 7) is 0.0654. The van der Waals surface area contributed by atoms with Crippen molar-refractivity contribution in [3.05, 3.63) is 85.6 Å². The van der Waals surface area contributed by atoms with Crippen molar-refractivity contribution in [1.82, 2.24) is 14.8 Å². The van der Waals surface area contributed by atoms with Gasteiger partial charge >= 0.3 is 11.9 Å². The number of hydrogen-bond donors (Lipinski definition) is 1. The van der Waals surface area contributed by atoms with E-state index < -0.39 is 23.0 Å². The summed E-state index contributed by atoms with van der Waals surface area (Å²) in [5, 5.41) is 3.91. The van der Waals surface area contributed by atoms with E-state index in [9.17, 15) is 22.8 Å². The van der Waals surface area contributed by atoms with Gasteiger partial charge in [-0.05, 0) is 42.0 Å². The SMILES string of the molecule is O=c1cnn(Cc2ccc(Oc3ccc(C(F)(F)F)cc3)c(Cl)c2)c(=O)[nH]1. The minimum atomic E-state index is -4.42. The molecule has 27 heavy (non-hydrogen) atoms. The van der Waals surface area contributed by atoms with Gasteiger partial charge in [-0.25, -0.2) is 9.48 Å². The molecule has 10 heteroatoms. The highest BCUT2D eigenvalue weighted by molar-refractivity contribution is 6.32. The Morgan fingerprint density at radius 2 is 1.81 bits per heavy atom. The smallest absolute Gasteiger partial charge is 0.416 e. The first-order valence-corrected chi connectivity index (χ1v) is 7.90. The van der Waals surface area contributed by atoms with Gasteiger partial charge in [0.2, 0.25) is 0 Å². The zero-order valence-electron chi connectivity index (χ0n) is 13.5. The van der Waals surface area contributed by atoms with Crippen LogP contribution in [0.5, 0.6) is 11.5 Å². The van der Waals surface area contributed by atoms with Gasteiger partial charge in [-0.2, -0.15) is 18.3 Å². The molecule has 0 unspecified atom stereocenters. The van der Waals surface area contributed by atoms with Gasteiger partial charge in [-0.3, -0.25) is 9.78 Å². The van der Waals surface area contributed by atoms with Crippen molar-refractivity contribution in [2.75, 3.05) is 0 Å². The van der Waals surface area contributed by atoms with Crippen molar-refractivity contribution >= 4 is 11.6 Å². The Morgan fingerprint density at radius 3 is 2.41 bits per heavy atom. The second-order valence-electron chi connectivity index (χ2n) is 5.49. The third kappa shape index (κ3) is 4.56. The molecule has 0 aliphatic carbocycles. The highest BCUT2D eigenvalue weighted by Crippen LogP contribution is 2.33. The largest absolute Gasteiger partial charge is 0.456 e. The van der Waals surface area contributed by atoms with Gasteiger partial charge in [0, 0.05) is 0 Å². The van der Waals surface area contributed by atoms with E-state index in [1.54, 1.807) is 6.07 Å². The maximum atomic E-state index is 12.6. The molecule has 0 bridgehead atoms. The molecule has 1 aromatic heterocycles. The monoisotopic (exact) mass is 397 g/mol. The normalized spacial score (nSPS) is 11.4. The minimum Gasteiger partial charge on any atom is -0.456 e. The molecule has 0 aliphatic heterocycles. The van der Waals surface area contributed by atoms with Crippen molar-refractivity contribution < 1.29 is 17.9 Å². The maximum absolute atomic E-state index is 12.6. The Bertz CT molecular complexity index is 1080. The van der Waals surface area contributed by atoms with E-state index >= 15 is 0 Å². The van der Waals surface area contributed by atoms with Crippen LogP contribution in [0.1, 0.15) is 11.1 Å². The molecule has 1 N–H and O–H groups in total. The number of H-pyrrole nitrogens is 1. The number of hydrogen-bond acceptors (Lipinski definition) is 4. The fourth-order valence-corrected chi connectivity index (χ4v) is 2.47. The number of halogens is 4. The number of alkyl halides is 3. The fraction of sp³-hybridized carbons (Fsp3) is 0.118. The molecule has 140 valence electrons. The zero-order chi connectivity index (χ0) is 19.6. The van der Waals surface area contributed by atoms with Gasteiger partial charge in [-0.15, -0.1) is 0 Å². The van der Waals surface area contributed by atoms with Crippen LogP contribution in [0.3, 0.4) is 0 Å². The number of benzene rings is 2. The summed E-state index contributed by atoms with van der Waals surface area (Å²) < 4.78 is 44.3. The Labute approximate surface area is 154 Å². The van der Waals surface area contributed by atoms with Gasteiger partial charge < -0.3 is 4.74 Å². The van der Waals surface area contributed by atoms with Gasteiger partial charge in [0.1, 0.15) is 17.7 Å². The molecule has 0 aliphatic rings. The van der Waals surface area contributed by atoms with Crippen molar-refractivity contribution in [3.8, 4) is 11.5 Å². The summed E-state index contributed by atoms with van der Waals surface area (Å²) in [5.74, 6) is 0.429. The average Bonchev–Trinajstić information content (AvgIpc) is 2.59. The van der Waals surface area contributed by atoms with E-state index in [1.165, 1.54) is 24.3 Å². The number of aromatic nitrogens is 3. The van der Waals surface area contributed by atoms with Crippen LogP contribution in [-0.4, -0.2) is 14.8 Å². The first-order valence-electron chi connectivity index (χ1n) is 7.52. The summed E-state index contributed by atoms with van der Waals surface area (Å²) in [5.41, 5.74) is -1.44. The number of nitrogens with zero attached hydrogens (tertiary/aromatic N) is 2. The van der Waals surface area contributed by atoms with E-state index in [0.29, 0.717) is 5.56 Å². The Kier molecular flexibility index (Phi) is 5.04. The van der Waals surface area contributed by atoms with Crippen LogP contribution in [0.2, 0.25) is 5.02 Å². The molecule has 3 rings (SSSR count). The first-order chi connectivity index (χ1) is 12.7. The second kappa shape index (κ2) is 7.28. The molecule has 2 aromatic carbocycles. The fourth-order valence-electron chi connectivity index (χ4n) is 2.23. The Hall–Kier alpha value is -3.07. The third-order valence-electron chi connectivity index (χ3n) is 3.52. The highest BCUT2D eigenvalue weighted by atomic mass is 35.5. The molecule has 0 radical (unpaired) electrons. The lowest BCUT2D eigenvalue weighted by molar-refractivity contribution is -0.137. The van der Waals surface area contributed by atoms with E-state index in [4.69, 9.17) is 16.3 Å². The molecule has 0 amide bonds. The van der Waals surface area contributed by atoms with E-state index in [-0.39, 0.29) is 23.1 Å². The van der Waals surface area contributed by atoms with Gasteiger partial charge in [0.15, 0.2) is 0 Å². The van der Waals surface area contributed by atoms with Crippen LogP contribution in [0.15, 0.2) is 58.3 Å².